The molecule has 2 nitrogen and oxygen atoms in total. The van der Waals surface area contributed by atoms with Gasteiger partial charge in [-0.05, 0) is 24.6 Å². The molecule has 0 bridgehead atoms. The highest BCUT2D eigenvalue weighted by atomic mass is 35.5. The summed E-state index contributed by atoms with van der Waals surface area (Å²) in [4.78, 5) is 12.1. The van der Waals surface area contributed by atoms with E-state index in [1.807, 2.05) is 6.07 Å². The molecule has 1 rings (SSSR count). The largest absolute Gasteiger partial charge is 0.463 e. The first-order valence-corrected chi connectivity index (χ1v) is 6.02. The Labute approximate surface area is 98.5 Å². The third-order valence-electron chi connectivity index (χ3n) is 1.72. The summed E-state index contributed by atoms with van der Waals surface area (Å²) >= 11 is 7.18. The third-order valence-corrected chi connectivity index (χ3v) is 2.92. The Bertz CT molecular complexity index is 344. The van der Waals surface area contributed by atoms with Crippen molar-refractivity contribution in [2.45, 2.75) is 19.8 Å². The maximum Gasteiger partial charge on any atom is 0.330 e. The number of carbonyl (C=O) groups excluding carboxylic acids is 1. The van der Waals surface area contributed by atoms with Gasteiger partial charge in [-0.3, -0.25) is 0 Å². The molecular formula is C11H13ClO2S. The van der Waals surface area contributed by atoms with Gasteiger partial charge in [0.15, 0.2) is 0 Å². The Morgan fingerprint density at radius 1 is 1.60 bits per heavy atom. The average Bonchev–Trinajstić information content (AvgIpc) is 2.62. The molecule has 0 fully saturated rings. The summed E-state index contributed by atoms with van der Waals surface area (Å²) in [5.41, 5.74) is 0. The minimum absolute atomic E-state index is 0.298. The van der Waals surface area contributed by atoms with Gasteiger partial charge in [-0.15, -0.1) is 11.3 Å². The number of carbonyl (C=O) groups is 1. The Morgan fingerprint density at radius 3 is 3.00 bits per heavy atom. The van der Waals surface area contributed by atoms with Crippen molar-refractivity contribution in [2.24, 2.45) is 0 Å². The molecule has 0 saturated carbocycles. The van der Waals surface area contributed by atoms with Crippen LogP contribution in [-0.4, -0.2) is 12.6 Å². The standard InChI is InChI=1S/C11H13ClO2S/c1-2-3-8-14-11(13)7-5-9-4-6-10(12)15-9/h4-7H,2-3,8H2,1H3/b7-5+. The van der Waals surface area contributed by atoms with Gasteiger partial charge in [-0.1, -0.05) is 24.9 Å². The average molecular weight is 245 g/mol. The van der Waals surface area contributed by atoms with Gasteiger partial charge in [0.1, 0.15) is 0 Å². The lowest BCUT2D eigenvalue weighted by Gasteiger charge is -1.98. The highest BCUT2D eigenvalue weighted by Gasteiger charge is 1.97. The Morgan fingerprint density at radius 2 is 2.40 bits per heavy atom. The van der Waals surface area contributed by atoms with Crippen LogP contribution in [0.4, 0.5) is 0 Å². The molecule has 0 aliphatic rings. The fourth-order valence-electron chi connectivity index (χ4n) is 0.933. The number of hydrogen-bond acceptors (Lipinski definition) is 3. The van der Waals surface area contributed by atoms with Crippen LogP contribution in [0.1, 0.15) is 24.6 Å². The third kappa shape index (κ3) is 5.00. The van der Waals surface area contributed by atoms with E-state index in [0.29, 0.717) is 10.9 Å². The van der Waals surface area contributed by atoms with E-state index < -0.39 is 0 Å². The molecule has 1 aromatic rings. The van der Waals surface area contributed by atoms with E-state index in [2.05, 4.69) is 6.92 Å². The van der Waals surface area contributed by atoms with Crippen molar-refractivity contribution < 1.29 is 9.53 Å². The van der Waals surface area contributed by atoms with Crippen LogP contribution in [0.25, 0.3) is 6.08 Å². The fraction of sp³-hybridized carbons (Fsp3) is 0.364. The molecule has 0 aliphatic carbocycles. The van der Waals surface area contributed by atoms with Crippen LogP contribution in [0.15, 0.2) is 18.2 Å². The molecule has 0 spiro atoms. The van der Waals surface area contributed by atoms with Crippen molar-refractivity contribution in [3.63, 3.8) is 0 Å². The molecule has 0 N–H and O–H groups in total. The molecule has 0 aliphatic heterocycles. The Kier molecular flexibility index (Phi) is 5.43. The second-order valence-electron chi connectivity index (χ2n) is 3.00. The zero-order chi connectivity index (χ0) is 11.1. The lowest BCUT2D eigenvalue weighted by molar-refractivity contribution is -0.137. The lowest BCUT2D eigenvalue weighted by atomic mass is 10.4. The van der Waals surface area contributed by atoms with Gasteiger partial charge in [0.25, 0.3) is 0 Å². The summed E-state index contributed by atoms with van der Waals surface area (Å²) in [6.07, 6.45) is 5.07. The van der Waals surface area contributed by atoms with Crippen LogP contribution in [0.3, 0.4) is 0 Å². The van der Waals surface area contributed by atoms with Crippen LogP contribution in [0.5, 0.6) is 0 Å². The molecule has 0 atom stereocenters. The summed E-state index contributed by atoms with van der Waals surface area (Å²) in [6, 6.07) is 3.66. The lowest BCUT2D eigenvalue weighted by Crippen LogP contribution is -2.01. The van der Waals surface area contributed by atoms with Crippen LogP contribution >= 0.6 is 22.9 Å². The number of esters is 1. The number of hydrogen-bond donors (Lipinski definition) is 0. The predicted molar refractivity (Wildman–Crippen MR) is 64.2 cm³/mol. The van der Waals surface area contributed by atoms with Gasteiger partial charge in [0, 0.05) is 11.0 Å². The van der Waals surface area contributed by atoms with E-state index in [0.717, 1.165) is 17.7 Å². The molecule has 1 heterocycles. The molecule has 0 aromatic carbocycles. The van der Waals surface area contributed by atoms with Crippen molar-refractivity contribution in [3.05, 3.63) is 27.4 Å². The predicted octanol–water partition coefficient (Wildman–Crippen LogP) is 3.76. The fourth-order valence-corrected chi connectivity index (χ4v) is 1.90. The number of ether oxygens (including phenoxy) is 1. The smallest absolute Gasteiger partial charge is 0.330 e. The summed E-state index contributed by atoms with van der Waals surface area (Å²) in [6.45, 7) is 2.54. The Balaban J connectivity index is 2.34. The molecule has 0 unspecified atom stereocenters. The van der Waals surface area contributed by atoms with E-state index in [1.165, 1.54) is 17.4 Å². The van der Waals surface area contributed by atoms with Crippen molar-refractivity contribution in [2.75, 3.05) is 6.61 Å². The highest BCUT2D eigenvalue weighted by molar-refractivity contribution is 7.17. The monoisotopic (exact) mass is 244 g/mol. The first-order valence-electron chi connectivity index (χ1n) is 4.82. The van der Waals surface area contributed by atoms with E-state index >= 15 is 0 Å². The molecule has 0 amide bonds. The van der Waals surface area contributed by atoms with Crippen molar-refractivity contribution >= 4 is 35.0 Å². The molecule has 4 heteroatoms. The molecule has 1 aromatic heterocycles. The van der Waals surface area contributed by atoms with E-state index in [1.54, 1.807) is 12.1 Å². The molecule has 0 radical (unpaired) electrons. The molecular weight excluding hydrogens is 232 g/mol. The van der Waals surface area contributed by atoms with Crippen molar-refractivity contribution in [1.82, 2.24) is 0 Å². The second kappa shape index (κ2) is 6.64. The second-order valence-corrected chi connectivity index (χ2v) is 4.74. The van der Waals surface area contributed by atoms with Crippen LogP contribution in [0, 0.1) is 0 Å². The maximum atomic E-state index is 11.2. The minimum Gasteiger partial charge on any atom is -0.463 e. The number of rotatable bonds is 5. The van der Waals surface area contributed by atoms with Crippen molar-refractivity contribution in [3.8, 4) is 0 Å². The molecule has 0 saturated heterocycles. The number of halogens is 1. The zero-order valence-electron chi connectivity index (χ0n) is 8.53. The van der Waals surface area contributed by atoms with Gasteiger partial charge in [0.2, 0.25) is 0 Å². The van der Waals surface area contributed by atoms with E-state index in [9.17, 15) is 4.79 Å². The summed E-state index contributed by atoms with van der Waals surface area (Å²) < 4.78 is 5.67. The highest BCUT2D eigenvalue weighted by Crippen LogP contribution is 2.22. The quantitative estimate of drug-likeness (QED) is 0.448. The maximum absolute atomic E-state index is 11.2. The van der Waals surface area contributed by atoms with E-state index in [-0.39, 0.29) is 5.97 Å². The molecule has 15 heavy (non-hydrogen) atoms. The van der Waals surface area contributed by atoms with Crippen LogP contribution < -0.4 is 0 Å². The van der Waals surface area contributed by atoms with Crippen LogP contribution in [0.2, 0.25) is 4.34 Å². The van der Waals surface area contributed by atoms with Gasteiger partial charge in [-0.25, -0.2) is 4.79 Å². The summed E-state index contributed by atoms with van der Waals surface area (Å²) in [5, 5.41) is 0. The molecule has 82 valence electrons. The first-order chi connectivity index (χ1) is 7.22. The van der Waals surface area contributed by atoms with Gasteiger partial charge in [-0.2, -0.15) is 0 Å². The first kappa shape index (κ1) is 12.3. The summed E-state index contributed by atoms with van der Waals surface area (Å²) in [5.74, 6) is -0.298. The topological polar surface area (TPSA) is 26.3 Å². The summed E-state index contributed by atoms with van der Waals surface area (Å²) in [7, 11) is 0. The number of unbranched alkanes of at least 4 members (excludes halogenated alkanes) is 1. The van der Waals surface area contributed by atoms with Gasteiger partial charge >= 0.3 is 5.97 Å². The normalized spacial score (nSPS) is 10.8. The SMILES string of the molecule is CCCCOC(=O)/C=C/c1ccc(Cl)s1. The Hall–Kier alpha value is -0.800. The van der Waals surface area contributed by atoms with Crippen LogP contribution in [-0.2, 0) is 9.53 Å². The minimum atomic E-state index is -0.298. The van der Waals surface area contributed by atoms with Crippen molar-refractivity contribution in [1.29, 1.82) is 0 Å². The zero-order valence-corrected chi connectivity index (χ0v) is 10.1. The van der Waals surface area contributed by atoms with Gasteiger partial charge < -0.3 is 4.74 Å². The number of thiophene rings is 1. The van der Waals surface area contributed by atoms with E-state index in [4.69, 9.17) is 16.3 Å². The van der Waals surface area contributed by atoms with Gasteiger partial charge in [0.05, 0.1) is 10.9 Å².